The second-order valence-electron chi connectivity index (χ2n) is 7.83. The minimum atomic E-state index is -0.979. The lowest BCUT2D eigenvalue weighted by Gasteiger charge is -2.22. The van der Waals surface area contributed by atoms with Crippen molar-refractivity contribution in [1.29, 1.82) is 0 Å². The standard InChI is InChI=1S/C25H23N3O8/c1-33-17-13-18(28(14-17)36-24(31)16-11-7-4-8-12-16)21-26-19(25(32)34-2)20(22(29)27-21)35-23(30)15-9-5-3-6-10-15/h3-12,17-18H,13-14H2,1-2H3,(H,26,27,29)/t17-,18+/m1/s1. The molecular formula is C25H23N3O8. The van der Waals surface area contributed by atoms with Gasteiger partial charge in [-0.3, -0.25) is 4.79 Å². The lowest BCUT2D eigenvalue weighted by atomic mass is 10.2. The molecule has 0 aliphatic carbocycles. The molecular weight excluding hydrogens is 470 g/mol. The van der Waals surface area contributed by atoms with Crippen LogP contribution in [0.4, 0.5) is 0 Å². The molecule has 2 heterocycles. The lowest BCUT2D eigenvalue weighted by molar-refractivity contribution is -0.126. The molecule has 0 saturated carbocycles. The predicted molar refractivity (Wildman–Crippen MR) is 124 cm³/mol. The number of aromatic amines is 1. The average Bonchev–Trinajstić information content (AvgIpc) is 3.32. The van der Waals surface area contributed by atoms with Gasteiger partial charge in [0.05, 0.1) is 30.9 Å². The Hall–Kier alpha value is -4.35. The summed E-state index contributed by atoms with van der Waals surface area (Å²) in [5.41, 5.74) is -0.859. The van der Waals surface area contributed by atoms with Crippen LogP contribution >= 0.6 is 0 Å². The maximum absolute atomic E-state index is 13.0. The van der Waals surface area contributed by atoms with E-state index in [0.717, 1.165) is 7.11 Å². The van der Waals surface area contributed by atoms with Gasteiger partial charge in [0.2, 0.25) is 5.75 Å². The minimum absolute atomic E-state index is 0.0142. The molecule has 186 valence electrons. The van der Waals surface area contributed by atoms with Gasteiger partial charge in [-0.1, -0.05) is 36.4 Å². The Labute approximate surface area is 205 Å². The Balaban J connectivity index is 1.66. The number of carbonyl (C=O) groups is 3. The van der Waals surface area contributed by atoms with Crippen molar-refractivity contribution < 1.29 is 33.4 Å². The third kappa shape index (κ3) is 5.32. The molecule has 0 unspecified atom stereocenters. The predicted octanol–water partition coefficient (Wildman–Crippen LogP) is 2.31. The average molecular weight is 493 g/mol. The normalized spacial score (nSPS) is 17.4. The van der Waals surface area contributed by atoms with Gasteiger partial charge in [-0.25, -0.2) is 19.4 Å². The molecule has 1 saturated heterocycles. The summed E-state index contributed by atoms with van der Waals surface area (Å²) in [6.07, 6.45) is -0.0494. The Morgan fingerprint density at radius 1 is 0.917 bits per heavy atom. The number of ether oxygens (including phenoxy) is 3. The zero-order valence-corrected chi connectivity index (χ0v) is 19.5. The van der Waals surface area contributed by atoms with Crippen LogP contribution in [-0.4, -0.2) is 59.8 Å². The summed E-state index contributed by atoms with van der Waals surface area (Å²) in [6.45, 7) is 0.196. The van der Waals surface area contributed by atoms with Crippen LogP contribution in [0, 0.1) is 0 Å². The number of nitrogens with zero attached hydrogens (tertiary/aromatic N) is 2. The van der Waals surface area contributed by atoms with Crippen LogP contribution in [0.2, 0.25) is 0 Å². The van der Waals surface area contributed by atoms with Gasteiger partial charge in [0, 0.05) is 13.5 Å². The van der Waals surface area contributed by atoms with Crippen molar-refractivity contribution in [3.63, 3.8) is 0 Å². The molecule has 11 heteroatoms. The topological polar surface area (TPSA) is 137 Å². The van der Waals surface area contributed by atoms with Crippen LogP contribution in [0.5, 0.6) is 5.75 Å². The van der Waals surface area contributed by atoms with Crippen molar-refractivity contribution >= 4 is 17.9 Å². The molecule has 3 aromatic rings. The summed E-state index contributed by atoms with van der Waals surface area (Å²) in [6, 6.07) is 15.6. The first-order chi connectivity index (χ1) is 17.4. The SMILES string of the molecule is COC(=O)c1nc([C@@H]2C[C@@H](OC)CN2OC(=O)c2ccccc2)[nH]c(=O)c1OC(=O)c1ccccc1. The van der Waals surface area contributed by atoms with E-state index in [-0.39, 0.29) is 24.0 Å². The van der Waals surface area contributed by atoms with Gasteiger partial charge < -0.3 is 24.0 Å². The van der Waals surface area contributed by atoms with Crippen LogP contribution in [0.3, 0.4) is 0 Å². The molecule has 0 bridgehead atoms. The van der Waals surface area contributed by atoms with E-state index in [1.165, 1.54) is 24.3 Å². The van der Waals surface area contributed by atoms with E-state index in [1.54, 1.807) is 48.5 Å². The number of nitrogens with one attached hydrogen (secondary N) is 1. The van der Waals surface area contributed by atoms with E-state index in [1.807, 2.05) is 0 Å². The molecule has 0 spiro atoms. The van der Waals surface area contributed by atoms with Gasteiger partial charge in [0.15, 0.2) is 5.69 Å². The Morgan fingerprint density at radius 2 is 1.53 bits per heavy atom. The van der Waals surface area contributed by atoms with Crippen molar-refractivity contribution in [2.45, 2.75) is 18.6 Å². The zero-order chi connectivity index (χ0) is 25.7. The first-order valence-corrected chi connectivity index (χ1v) is 11.0. The highest BCUT2D eigenvalue weighted by Crippen LogP contribution is 2.32. The number of hydrogen-bond donors (Lipinski definition) is 1. The summed E-state index contributed by atoms with van der Waals surface area (Å²) in [4.78, 5) is 63.0. The fourth-order valence-corrected chi connectivity index (χ4v) is 3.72. The molecule has 1 aliphatic heterocycles. The Morgan fingerprint density at radius 3 is 2.11 bits per heavy atom. The van der Waals surface area contributed by atoms with Gasteiger partial charge in [-0.05, 0) is 24.3 Å². The van der Waals surface area contributed by atoms with E-state index in [4.69, 9.17) is 19.0 Å². The fourth-order valence-electron chi connectivity index (χ4n) is 3.72. The molecule has 2 aromatic carbocycles. The highest BCUT2D eigenvalue weighted by molar-refractivity contribution is 5.94. The smallest absolute Gasteiger partial charge is 0.360 e. The maximum Gasteiger partial charge on any atom is 0.360 e. The molecule has 1 aliphatic rings. The van der Waals surface area contributed by atoms with Crippen molar-refractivity contribution in [3.05, 3.63) is 93.7 Å². The van der Waals surface area contributed by atoms with Crippen LogP contribution in [-0.2, 0) is 14.3 Å². The second kappa shape index (κ2) is 10.9. The third-order valence-electron chi connectivity index (χ3n) is 5.55. The van der Waals surface area contributed by atoms with E-state index in [0.29, 0.717) is 12.0 Å². The molecule has 1 fully saturated rings. The highest BCUT2D eigenvalue weighted by atomic mass is 16.7. The number of benzene rings is 2. The summed E-state index contributed by atoms with van der Waals surface area (Å²) in [5.74, 6) is -3.03. The second-order valence-corrected chi connectivity index (χ2v) is 7.83. The van der Waals surface area contributed by atoms with Gasteiger partial charge >= 0.3 is 17.9 Å². The van der Waals surface area contributed by atoms with Gasteiger partial charge in [0.1, 0.15) is 11.9 Å². The van der Waals surface area contributed by atoms with Crippen LogP contribution in [0.15, 0.2) is 65.5 Å². The first kappa shape index (κ1) is 24.8. The van der Waals surface area contributed by atoms with Crippen LogP contribution in [0.1, 0.15) is 49.5 Å². The number of aromatic nitrogens is 2. The monoisotopic (exact) mass is 493 g/mol. The summed E-state index contributed by atoms with van der Waals surface area (Å²) < 4.78 is 15.4. The lowest BCUT2D eigenvalue weighted by Crippen LogP contribution is -2.32. The Kier molecular flexibility index (Phi) is 7.52. The summed E-state index contributed by atoms with van der Waals surface area (Å²) in [5, 5.41) is 1.33. The van der Waals surface area contributed by atoms with E-state index < -0.39 is 41.0 Å². The number of H-pyrrole nitrogens is 1. The highest BCUT2D eigenvalue weighted by Gasteiger charge is 2.39. The third-order valence-corrected chi connectivity index (χ3v) is 5.55. The van der Waals surface area contributed by atoms with Crippen LogP contribution in [0.25, 0.3) is 0 Å². The molecule has 4 rings (SSSR count). The quantitative estimate of drug-likeness (QED) is 0.488. The van der Waals surface area contributed by atoms with Crippen molar-refractivity contribution in [2.24, 2.45) is 0 Å². The van der Waals surface area contributed by atoms with Crippen molar-refractivity contribution in [1.82, 2.24) is 15.0 Å². The first-order valence-electron chi connectivity index (χ1n) is 11.0. The fraction of sp³-hybridized carbons (Fsp3) is 0.240. The Bertz CT molecular complexity index is 1310. The molecule has 2 atom stereocenters. The maximum atomic E-state index is 13.0. The van der Waals surface area contributed by atoms with Crippen LogP contribution < -0.4 is 10.3 Å². The zero-order valence-electron chi connectivity index (χ0n) is 19.5. The molecule has 0 radical (unpaired) electrons. The van der Waals surface area contributed by atoms with E-state index >= 15 is 0 Å². The number of esters is 2. The summed E-state index contributed by atoms with van der Waals surface area (Å²) in [7, 11) is 2.62. The number of carbonyl (C=O) groups excluding carboxylic acids is 3. The van der Waals surface area contributed by atoms with E-state index in [9.17, 15) is 19.2 Å². The number of hydroxylamine groups is 2. The van der Waals surface area contributed by atoms with Gasteiger partial charge in [-0.2, -0.15) is 0 Å². The number of methoxy groups -OCH3 is 2. The molecule has 0 amide bonds. The van der Waals surface area contributed by atoms with Crippen molar-refractivity contribution in [2.75, 3.05) is 20.8 Å². The minimum Gasteiger partial charge on any atom is -0.464 e. The number of rotatable bonds is 7. The van der Waals surface area contributed by atoms with Gasteiger partial charge in [-0.15, -0.1) is 5.06 Å². The van der Waals surface area contributed by atoms with E-state index in [2.05, 4.69) is 9.97 Å². The molecule has 36 heavy (non-hydrogen) atoms. The summed E-state index contributed by atoms with van der Waals surface area (Å²) >= 11 is 0. The molecule has 11 nitrogen and oxygen atoms in total. The number of hydrogen-bond acceptors (Lipinski definition) is 10. The van der Waals surface area contributed by atoms with Gasteiger partial charge in [0.25, 0.3) is 5.56 Å². The molecule has 1 aromatic heterocycles. The largest absolute Gasteiger partial charge is 0.464 e. The molecule has 1 N–H and O–H groups in total. The van der Waals surface area contributed by atoms with Crippen molar-refractivity contribution in [3.8, 4) is 5.75 Å².